The van der Waals surface area contributed by atoms with E-state index in [1.54, 1.807) is 18.3 Å². The Morgan fingerprint density at radius 3 is 2.60 bits per heavy atom. The third-order valence-electron chi connectivity index (χ3n) is 4.73. The molecule has 1 atom stereocenters. The Hall–Kier alpha value is -4.06. The molecule has 0 bridgehead atoms. The van der Waals surface area contributed by atoms with E-state index in [1.807, 2.05) is 25.1 Å². The summed E-state index contributed by atoms with van der Waals surface area (Å²) in [5, 5.41) is 12.7. The fraction of sp³-hybridized carbons (Fsp3) is 0.143. The topological polar surface area (TPSA) is 105 Å². The van der Waals surface area contributed by atoms with Crippen LogP contribution in [0.5, 0.6) is 0 Å². The SMILES string of the molecule is C[C@H](Nc1ncc(C#N)c(-c2cnc3c(C(F)F)cccn23)n1)c1ccc(N)cc1. The summed E-state index contributed by atoms with van der Waals surface area (Å²) in [6, 6.07) is 12.2. The minimum absolute atomic E-state index is 0.120. The highest BCUT2D eigenvalue weighted by molar-refractivity contribution is 5.68. The number of imidazole rings is 1. The highest BCUT2D eigenvalue weighted by Gasteiger charge is 2.19. The van der Waals surface area contributed by atoms with E-state index in [9.17, 15) is 14.0 Å². The Balaban J connectivity index is 1.74. The maximum atomic E-state index is 13.3. The molecule has 3 heterocycles. The molecule has 30 heavy (non-hydrogen) atoms. The minimum Gasteiger partial charge on any atom is -0.399 e. The number of hydrogen-bond acceptors (Lipinski definition) is 6. The number of benzene rings is 1. The summed E-state index contributed by atoms with van der Waals surface area (Å²) < 4.78 is 28.1. The van der Waals surface area contributed by atoms with Crippen molar-refractivity contribution in [2.24, 2.45) is 0 Å². The molecule has 0 radical (unpaired) electrons. The van der Waals surface area contributed by atoms with Gasteiger partial charge in [0.1, 0.15) is 17.4 Å². The van der Waals surface area contributed by atoms with Gasteiger partial charge < -0.3 is 11.1 Å². The van der Waals surface area contributed by atoms with Crippen LogP contribution in [0.3, 0.4) is 0 Å². The molecule has 0 aliphatic heterocycles. The van der Waals surface area contributed by atoms with Gasteiger partial charge in [0.05, 0.1) is 35.3 Å². The van der Waals surface area contributed by atoms with Gasteiger partial charge in [-0.2, -0.15) is 5.26 Å². The number of alkyl halides is 2. The summed E-state index contributed by atoms with van der Waals surface area (Å²) >= 11 is 0. The van der Waals surface area contributed by atoms with Crippen molar-refractivity contribution in [2.45, 2.75) is 19.4 Å². The molecule has 0 aliphatic rings. The Bertz CT molecular complexity index is 1240. The summed E-state index contributed by atoms with van der Waals surface area (Å²) in [5.41, 5.74) is 8.25. The molecule has 0 saturated heterocycles. The lowest BCUT2D eigenvalue weighted by atomic mass is 10.1. The van der Waals surface area contributed by atoms with Crippen LogP contribution in [-0.2, 0) is 0 Å². The lowest BCUT2D eigenvalue weighted by Gasteiger charge is -2.15. The highest BCUT2D eigenvalue weighted by atomic mass is 19.3. The highest BCUT2D eigenvalue weighted by Crippen LogP contribution is 2.29. The van der Waals surface area contributed by atoms with E-state index in [-0.39, 0.29) is 22.8 Å². The molecule has 150 valence electrons. The smallest absolute Gasteiger partial charge is 0.267 e. The van der Waals surface area contributed by atoms with Gasteiger partial charge in [-0.05, 0) is 36.8 Å². The molecule has 3 N–H and O–H groups in total. The van der Waals surface area contributed by atoms with E-state index < -0.39 is 6.43 Å². The molecule has 0 unspecified atom stereocenters. The van der Waals surface area contributed by atoms with Gasteiger partial charge in [0, 0.05) is 11.9 Å². The fourth-order valence-electron chi connectivity index (χ4n) is 3.17. The maximum absolute atomic E-state index is 13.3. The molecule has 3 aromatic heterocycles. The Morgan fingerprint density at radius 2 is 1.90 bits per heavy atom. The van der Waals surface area contributed by atoms with Crippen molar-refractivity contribution < 1.29 is 8.78 Å². The van der Waals surface area contributed by atoms with Gasteiger partial charge in [-0.3, -0.25) is 4.40 Å². The second-order valence-corrected chi connectivity index (χ2v) is 6.70. The maximum Gasteiger partial charge on any atom is 0.267 e. The van der Waals surface area contributed by atoms with Crippen molar-refractivity contribution in [2.75, 3.05) is 11.1 Å². The molecule has 0 fully saturated rings. The normalized spacial score (nSPS) is 12.1. The molecule has 0 aliphatic carbocycles. The fourth-order valence-corrected chi connectivity index (χ4v) is 3.17. The van der Waals surface area contributed by atoms with Gasteiger partial charge in [-0.25, -0.2) is 23.7 Å². The first-order chi connectivity index (χ1) is 14.5. The number of aromatic nitrogens is 4. The van der Waals surface area contributed by atoms with Crippen molar-refractivity contribution in [3.63, 3.8) is 0 Å². The number of nitrogens with one attached hydrogen (secondary N) is 1. The molecule has 7 nitrogen and oxygen atoms in total. The standard InChI is InChI=1S/C21H17F2N7/c1-12(13-4-6-15(25)7-5-13)28-21-27-10-14(9-24)18(29-21)17-11-26-20-16(19(22)23)3-2-8-30(17)20/h2-8,10-12,19H,25H2,1H3,(H,27,28,29)/t12-/m0/s1. The monoisotopic (exact) mass is 405 g/mol. The molecule has 4 aromatic rings. The first-order valence-electron chi connectivity index (χ1n) is 9.11. The third-order valence-corrected chi connectivity index (χ3v) is 4.73. The van der Waals surface area contributed by atoms with Crippen molar-refractivity contribution in [1.82, 2.24) is 19.4 Å². The Morgan fingerprint density at radius 1 is 1.13 bits per heavy atom. The average Bonchev–Trinajstić information content (AvgIpc) is 3.18. The van der Waals surface area contributed by atoms with E-state index in [0.717, 1.165) is 5.56 Å². The number of rotatable bonds is 5. The summed E-state index contributed by atoms with van der Waals surface area (Å²) in [6.07, 6.45) is 1.77. The number of hydrogen-bond donors (Lipinski definition) is 2. The zero-order valence-electron chi connectivity index (χ0n) is 15.9. The Kier molecular flexibility index (Phi) is 4.98. The Labute approximate surface area is 170 Å². The lowest BCUT2D eigenvalue weighted by Crippen LogP contribution is -2.10. The van der Waals surface area contributed by atoms with Crippen LogP contribution in [0.4, 0.5) is 20.4 Å². The van der Waals surface area contributed by atoms with Crippen molar-refractivity contribution in [1.29, 1.82) is 5.26 Å². The largest absolute Gasteiger partial charge is 0.399 e. The van der Waals surface area contributed by atoms with Crippen LogP contribution in [0.25, 0.3) is 17.0 Å². The number of pyridine rings is 1. The van der Waals surface area contributed by atoms with E-state index in [2.05, 4.69) is 20.3 Å². The van der Waals surface area contributed by atoms with Crippen LogP contribution >= 0.6 is 0 Å². The molecule has 1 aromatic carbocycles. The predicted molar refractivity (Wildman–Crippen MR) is 109 cm³/mol. The van der Waals surface area contributed by atoms with Crippen molar-refractivity contribution in [3.8, 4) is 17.5 Å². The van der Waals surface area contributed by atoms with Crippen LogP contribution in [0, 0.1) is 11.3 Å². The van der Waals surface area contributed by atoms with E-state index in [1.165, 1.54) is 28.9 Å². The summed E-state index contributed by atoms with van der Waals surface area (Å²) in [7, 11) is 0. The summed E-state index contributed by atoms with van der Waals surface area (Å²) in [5.74, 6) is 0.299. The molecule has 9 heteroatoms. The van der Waals surface area contributed by atoms with Gasteiger partial charge in [0.15, 0.2) is 0 Å². The van der Waals surface area contributed by atoms with Gasteiger partial charge in [-0.1, -0.05) is 12.1 Å². The van der Waals surface area contributed by atoms with Crippen LogP contribution in [0.15, 0.2) is 55.0 Å². The first-order valence-corrected chi connectivity index (χ1v) is 9.11. The van der Waals surface area contributed by atoms with Crippen LogP contribution in [-0.4, -0.2) is 19.4 Å². The van der Waals surface area contributed by atoms with Crippen molar-refractivity contribution >= 4 is 17.3 Å². The zero-order chi connectivity index (χ0) is 21.3. The quantitative estimate of drug-likeness (QED) is 0.478. The van der Waals surface area contributed by atoms with E-state index >= 15 is 0 Å². The van der Waals surface area contributed by atoms with E-state index in [0.29, 0.717) is 23.0 Å². The lowest BCUT2D eigenvalue weighted by molar-refractivity contribution is 0.152. The summed E-state index contributed by atoms with van der Waals surface area (Å²) in [6.45, 7) is 1.94. The molecule has 4 rings (SSSR count). The molecule has 0 saturated carbocycles. The number of nitrogens with two attached hydrogens (primary N) is 1. The summed E-state index contributed by atoms with van der Waals surface area (Å²) in [4.78, 5) is 12.8. The van der Waals surface area contributed by atoms with Gasteiger partial charge in [0.2, 0.25) is 5.95 Å². The van der Waals surface area contributed by atoms with E-state index in [4.69, 9.17) is 5.73 Å². The van der Waals surface area contributed by atoms with Crippen LogP contribution in [0.2, 0.25) is 0 Å². The zero-order valence-corrected chi connectivity index (χ0v) is 15.9. The third kappa shape index (κ3) is 3.51. The number of nitrogens with zero attached hydrogens (tertiary/aromatic N) is 5. The number of halogens is 2. The molecular formula is C21H17F2N7. The molecule has 0 spiro atoms. The minimum atomic E-state index is -2.66. The first kappa shape index (κ1) is 19.3. The van der Waals surface area contributed by atoms with Gasteiger partial charge in [-0.15, -0.1) is 0 Å². The second kappa shape index (κ2) is 7.75. The molecular weight excluding hydrogens is 388 g/mol. The van der Waals surface area contributed by atoms with Gasteiger partial charge >= 0.3 is 0 Å². The number of nitriles is 1. The number of anilines is 2. The predicted octanol–water partition coefficient (Wildman–Crippen LogP) is 4.36. The average molecular weight is 405 g/mol. The molecule has 0 amide bonds. The van der Waals surface area contributed by atoms with Crippen LogP contribution < -0.4 is 11.1 Å². The number of nitrogen functional groups attached to an aromatic ring is 1. The van der Waals surface area contributed by atoms with Crippen LogP contribution in [0.1, 0.15) is 36.1 Å². The second-order valence-electron chi connectivity index (χ2n) is 6.70. The van der Waals surface area contributed by atoms with Crippen molar-refractivity contribution in [3.05, 3.63) is 71.7 Å². The van der Waals surface area contributed by atoms with Gasteiger partial charge in [0.25, 0.3) is 6.43 Å². The number of fused-ring (bicyclic) bond motifs is 1.